The number of hydrogen-bond donors (Lipinski definition) is 1. The first-order valence-electron chi connectivity index (χ1n) is 7.97. The van der Waals surface area contributed by atoms with Crippen LogP contribution in [0.1, 0.15) is 71.1 Å². The molecule has 0 atom stereocenters. The summed E-state index contributed by atoms with van der Waals surface area (Å²) in [5, 5.41) is 8.50. The number of aliphatic carboxylic acids is 1. The van der Waals surface area contributed by atoms with E-state index in [1.807, 2.05) is 0 Å². The fourth-order valence-electron chi connectivity index (χ4n) is 1.87. The van der Waals surface area contributed by atoms with Crippen LogP contribution in [0.4, 0.5) is 0 Å². The maximum Gasteiger partial charge on any atom is 0.303 e. The number of hydrogen-bond acceptors (Lipinski definition) is 1. The molecule has 0 fully saturated rings. The fraction of sp³-hybridized carbons (Fsp3) is 0.611. The molecule has 0 rings (SSSR count). The highest BCUT2D eigenvalue weighted by molar-refractivity contribution is 5.66. The number of allylic oxidation sites excluding steroid dienone is 6. The Hall–Kier alpha value is -1.31. The summed E-state index contributed by atoms with van der Waals surface area (Å²) >= 11 is 0. The average Bonchev–Trinajstić information content (AvgIpc) is 2.43. The Morgan fingerprint density at radius 3 is 1.95 bits per heavy atom. The van der Waals surface area contributed by atoms with Gasteiger partial charge in [0, 0.05) is 6.42 Å². The van der Waals surface area contributed by atoms with Crippen LogP contribution >= 0.6 is 0 Å². The third-order valence-electron chi connectivity index (χ3n) is 3.09. The highest BCUT2D eigenvalue weighted by Crippen LogP contribution is 2.07. The van der Waals surface area contributed by atoms with E-state index in [0.717, 1.165) is 25.7 Å². The second kappa shape index (κ2) is 15.7. The van der Waals surface area contributed by atoms with E-state index in [2.05, 4.69) is 43.4 Å². The molecule has 0 aromatic rings. The summed E-state index contributed by atoms with van der Waals surface area (Å²) in [6, 6.07) is 0. The first-order valence-corrected chi connectivity index (χ1v) is 7.97. The summed E-state index contributed by atoms with van der Waals surface area (Å²) in [6.07, 6.45) is 23.3. The molecule has 0 radical (unpaired) electrons. The van der Waals surface area contributed by atoms with Gasteiger partial charge in [-0.15, -0.1) is 0 Å². The Morgan fingerprint density at radius 2 is 1.35 bits per heavy atom. The van der Waals surface area contributed by atoms with Gasteiger partial charge in [-0.2, -0.15) is 0 Å². The molecule has 0 bridgehead atoms. The minimum atomic E-state index is -0.677. The molecule has 0 saturated heterocycles. The van der Waals surface area contributed by atoms with Crippen LogP contribution in [0, 0.1) is 0 Å². The van der Waals surface area contributed by atoms with Gasteiger partial charge in [0.05, 0.1) is 0 Å². The van der Waals surface area contributed by atoms with Crippen molar-refractivity contribution in [3.8, 4) is 0 Å². The fourth-order valence-corrected chi connectivity index (χ4v) is 1.87. The number of rotatable bonds is 13. The Kier molecular flexibility index (Phi) is 14.7. The van der Waals surface area contributed by atoms with Crippen molar-refractivity contribution in [3.63, 3.8) is 0 Å². The van der Waals surface area contributed by atoms with Crippen LogP contribution in [0.2, 0.25) is 0 Å². The van der Waals surface area contributed by atoms with Crippen LogP contribution < -0.4 is 0 Å². The van der Waals surface area contributed by atoms with Crippen molar-refractivity contribution in [2.24, 2.45) is 0 Å². The predicted octanol–water partition coefficient (Wildman–Crippen LogP) is 5.66. The summed E-state index contributed by atoms with van der Waals surface area (Å²) in [6.45, 7) is 2.21. The smallest absolute Gasteiger partial charge is 0.303 e. The van der Waals surface area contributed by atoms with Crippen LogP contribution in [0.15, 0.2) is 36.5 Å². The lowest BCUT2D eigenvalue weighted by atomic mass is 10.1. The average molecular weight is 278 g/mol. The maximum atomic E-state index is 10.3. The summed E-state index contributed by atoms with van der Waals surface area (Å²) in [5.74, 6) is -0.677. The van der Waals surface area contributed by atoms with Gasteiger partial charge in [0.15, 0.2) is 0 Å². The van der Waals surface area contributed by atoms with Gasteiger partial charge in [-0.05, 0) is 25.7 Å². The van der Waals surface area contributed by atoms with Crippen molar-refractivity contribution in [2.75, 3.05) is 0 Å². The molecule has 0 aliphatic heterocycles. The van der Waals surface area contributed by atoms with Crippen LogP contribution in [0.5, 0.6) is 0 Å². The molecule has 0 saturated carbocycles. The molecular formula is C18H30O2. The molecule has 0 unspecified atom stereocenters. The van der Waals surface area contributed by atoms with E-state index in [1.54, 1.807) is 0 Å². The molecule has 114 valence electrons. The van der Waals surface area contributed by atoms with Crippen LogP contribution in [0.25, 0.3) is 0 Å². The normalized spacial score (nSPS) is 12.1. The zero-order valence-corrected chi connectivity index (χ0v) is 12.9. The molecule has 0 spiro atoms. The second-order valence-corrected chi connectivity index (χ2v) is 5.08. The minimum absolute atomic E-state index is 0.316. The van der Waals surface area contributed by atoms with Gasteiger partial charge in [0.25, 0.3) is 0 Å². The van der Waals surface area contributed by atoms with E-state index >= 15 is 0 Å². The zero-order chi connectivity index (χ0) is 14.9. The van der Waals surface area contributed by atoms with Crippen molar-refractivity contribution in [1.29, 1.82) is 0 Å². The van der Waals surface area contributed by atoms with Gasteiger partial charge in [0.1, 0.15) is 0 Å². The first kappa shape index (κ1) is 18.7. The molecule has 0 aliphatic rings. The van der Waals surface area contributed by atoms with Crippen molar-refractivity contribution >= 4 is 5.97 Å². The van der Waals surface area contributed by atoms with Crippen molar-refractivity contribution in [1.82, 2.24) is 0 Å². The third kappa shape index (κ3) is 16.7. The third-order valence-corrected chi connectivity index (χ3v) is 3.09. The van der Waals surface area contributed by atoms with Gasteiger partial charge >= 0.3 is 5.97 Å². The van der Waals surface area contributed by atoms with Gasteiger partial charge in [-0.1, -0.05) is 75.5 Å². The monoisotopic (exact) mass is 278 g/mol. The van der Waals surface area contributed by atoms with Crippen LogP contribution in [0.3, 0.4) is 0 Å². The number of unbranched alkanes of at least 4 members (excludes halogenated alkanes) is 7. The predicted molar refractivity (Wildman–Crippen MR) is 86.9 cm³/mol. The Balaban J connectivity index is 3.29. The highest BCUT2D eigenvalue weighted by Gasteiger charge is 1.95. The number of carbonyl (C=O) groups is 1. The SMILES string of the molecule is CCCCC=CC=CC=CCCCCCCCC(=O)O. The lowest BCUT2D eigenvalue weighted by Crippen LogP contribution is -1.93. The molecule has 1 N–H and O–H groups in total. The van der Waals surface area contributed by atoms with E-state index in [-0.39, 0.29) is 0 Å². The summed E-state index contributed by atoms with van der Waals surface area (Å²) in [7, 11) is 0. The standard InChI is InChI=1S/C18H30O2/c1-2-3-4-5-6-7-8-9-10-11-12-13-14-15-16-17-18(19)20/h5-10H,2-4,11-17H2,1H3,(H,19,20). The first-order chi connectivity index (χ1) is 9.77. The largest absolute Gasteiger partial charge is 0.481 e. The van der Waals surface area contributed by atoms with E-state index < -0.39 is 5.97 Å². The summed E-state index contributed by atoms with van der Waals surface area (Å²) in [5.41, 5.74) is 0. The van der Waals surface area contributed by atoms with Gasteiger partial charge in [0.2, 0.25) is 0 Å². The van der Waals surface area contributed by atoms with Gasteiger partial charge in [-0.25, -0.2) is 0 Å². The van der Waals surface area contributed by atoms with E-state index in [0.29, 0.717) is 6.42 Å². The minimum Gasteiger partial charge on any atom is -0.481 e. The van der Waals surface area contributed by atoms with E-state index in [9.17, 15) is 4.79 Å². The Bertz CT molecular complexity index is 301. The molecule has 20 heavy (non-hydrogen) atoms. The molecule has 0 aromatic heterocycles. The van der Waals surface area contributed by atoms with Gasteiger partial charge < -0.3 is 5.11 Å². The molecular weight excluding hydrogens is 248 g/mol. The van der Waals surface area contributed by atoms with Crippen molar-refractivity contribution < 1.29 is 9.90 Å². The molecule has 0 aromatic carbocycles. The van der Waals surface area contributed by atoms with E-state index in [1.165, 1.54) is 32.1 Å². The number of carboxylic acid groups (broad SMARTS) is 1. The highest BCUT2D eigenvalue weighted by atomic mass is 16.4. The van der Waals surface area contributed by atoms with E-state index in [4.69, 9.17) is 5.11 Å². The zero-order valence-electron chi connectivity index (χ0n) is 12.9. The lowest BCUT2D eigenvalue weighted by Gasteiger charge is -1.97. The lowest BCUT2D eigenvalue weighted by molar-refractivity contribution is -0.137. The summed E-state index contributed by atoms with van der Waals surface area (Å²) < 4.78 is 0. The Morgan fingerprint density at radius 1 is 0.800 bits per heavy atom. The number of carboxylic acids is 1. The molecule has 0 heterocycles. The van der Waals surface area contributed by atoms with Crippen molar-refractivity contribution in [2.45, 2.75) is 71.1 Å². The van der Waals surface area contributed by atoms with Crippen LogP contribution in [-0.2, 0) is 4.79 Å². The Labute approximate surface area is 124 Å². The molecule has 0 aliphatic carbocycles. The summed E-state index contributed by atoms with van der Waals surface area (Å²) in [4.78, 5) is 10.3. The molecule has 2 heteroatoms. The maximum absolute atomic E-state index is 10.3. The van der Waals surface area contributed by atoms with Gasteiger partial charge in [-0.3, -0.25) is 4.79 Å². The van der Waals surface area contributed by atoms with Crippen molar-refractivity contribution in [3.05, 3.63) is 36.5 Å². The molecule has 0 amide bonds. The topological polar surface area (TPSA) is 37.3 Å². The molecule has 2 nitrogen and oxygen atoms in total. The quantitative estimate of drug-likeness (QED) is 0.348. The van der Waals surface area contributed by atoms with Crippen LogP contribution in [-0.4, -0.2) is 11.1 Å². The second-order valence-electron chi connectivity index (χ2n) is 5.08.